The summed E-state index contributed by atoms with van der Waals surface area (Å²) in [5.41, 5.74) is 2.51. The number of ether oxygens (including phenoxy) is 1. The molecule has 1 fully saturated rings. The van der Waals surface area contributed by atoms with Gasteiger partial charge in [0.05, 0.1) is 6.04 Å². The molecule has 6 heteroatoms. The monoisotopic (exact) mass is 498 g/mol. The number of hydrogen-bond acceptors (Lipinski definition) is 3. The molecule has 1 atom stereocenters. The van der Waals surface area contributed by atoms with Gasteiger partial charge in [0.2, 0.25) is 0 Å². The van der Waals surface area contributed by atoms with Crippen LogP contribution in [-0.4, -0.2) is 48.5 Å². The van der Waals surface area contributed by atoms with Crippen molar-refractivity contribution in [2.75, 3.05) is 32.8 Å². The molecular weight excluding hydrogens is 476 g/mol. The first-order valence-corrected chi connectivity index (χ1v) is 11.5. The van der Waals surface area contributed by atoms with E-state index in [-0.39, 0.29) is 18.6 Å². The number of benzene rings is 3. The predicted octanol–water partition coefficient (Wildman–Crippen LogP) is 5.42. The van der Waals surface area contributed by atoms with Crippen molar-refractivity contribution in [2.24, 2.45) is 0 Å². The quantitative estimate of drug-likeness (QED) is 0.454. The normalized spacial score (nSPS) is 15.5. The molecule has 0 radical (unpaired) electrons. The Balaban J connectivity index is 1.40. The van der Waals surface area contributed by atoms with E-state index in [4.69, 9.17) is 16.3 Å². The predicted molar refractivity (Wildman–Crippen MR) is 128 cm³/mol. The SMILES string of the molecule is O=C(COc1ccc(Cl)cc1)N1CCN([C@H](c2ccccc2)c2ccc(Br)cc2)CC1. The summed E-state index contributed by atoms with van der Waals surface area (Å²) < 4.78 is 6.70. The van der Waals surface area contributed by atoms with E-state index in [0.717, 1.165) is 17.6 Å². The second-order valence-corrected chi connectivity index (χ2v) is 8.88. The highest BCUT2D eigenvalue weighted by Gasteiger charge is 2.28. The van der Waals surface area contributed by atoms with Crippen LogP contribution in [0.25, 0.3) is 0 Å². The Hall–Kier alpha value is -2.34. The molecule has 0 N–H and O–H groups in total. The lowest BCUT2D eigenvalue weighted by Crippen LogP contribution is -2.51. The van der Waals surface area contributed by atoms with Crippen molar-refractivity contribution >= 4 is 33.4 Å². The van der Waals surface area contributed by atoms with Crippen LogP contribution in [0.15, 0.2) is 83.3 Å². The lowest BCUT2D eigenvalue weighted by molar-refractivity contribution is -0.135. The van der Waals surface area contributed by atoms with E-state index >= 15 is 0 Å². The molecule has 0 bridgehead atoms. The Bertz CT molecular complexity index is 988. The number of carbonyl (C=O) groups is 1. The lowest BCUT2D eigenvalue weighted by Gasteiger charge is -2.39. The first-order chi connectivity index (χ1) is 15.1. The summed E-state index contributed by atoms with van der Waals surface area (Å²) in [6, 6.07) is 26.3. The summed E-state index contributed by atoms with van der Waals surface area (Å²) in [5.74, 6) is 0.658. The zero-order valence-corrected chi connectivity index (χ0v) is 19.4. The Morgan fingerprint density at radius 3 is 2.13 bits per heavy atom. The van der Waals surface area contributed by atoms with Gasteiger partial charge in [-0.25, -0.2) is 0 Å². The average molecular weight is 500 g/mol. The maximum atomic E-state index is 12.6. The van der Waals surface area contributed by atoms with Crippen LogP contribution in [0.4, 0.5) is 0 Å². The molecule has 1 saturated heterocycles. The van der Waals surface area contributed by atoms with E-state index in [1.807, 2.05) is 11.0 Å². The summed E-state index contributed by atoms with van der Waals surface area (Å²) in [4.78, 5) is 17.0. The van der Waals surface area contributed by atoms with Crippen molar-refractivity contribution in [3.05, 3.63) is 99.5 Å². The maximum Gasteiger partial charge on any atom is 0.260 e. The number of halogens is 2. The molecule has 1 aliphatic heterocycles. The molecular formula is C25H24BrClN2O2. The highest BCUT2D eigenvalue weighted by molar-refractivity contribution is 9.10. The second-order valence-electron chi connectivity index (χ2n) is 7.52. The highest BCUT2D eigenvalue weighted by Crippen LogP contribution is 2.30. The number of piperazine rings is 1. The van der Waals surface area contributed by atoms with E-state index in [1.165, 1.54) is 11.1 Å². The molecule has 4 rings (SSSR count). The van der Waals surface area contributed by atoms with Gasteiger partial charge in [-0.05, 0) is 47.5 Å². The minimum atomic E-state index is 0.00880. The molecule has 0 spiro atoms. The molecule has 0 unspecified atom stereocenters. The van der Waals surface area contributed by atoms with Gasteiger partial charge in [0.1, 0.15) is 5.75 Å². The van der Waals surface area contributed by atoms with Crippen LogP contribution in [0.5, 0.6) is 5.75 Å². The Labute approximate surface area is 196 Å². The van der Waals surface area contributed by atoms with Crippen molar-refractivity contribution in [1.29, 1.82) is 0 Å². The molecule has 0 aromatic heterocycles. The number of rotatable bonds is 6. The molecule has 1 heterocycles. The lowest BCUT2D eigenvalue weighted by atomic mass is 9.96. The number of nitrogens with zero attached hydrogens (tertiary/aromatic N) is 2. The van der Waals surface area contributed by atoms with Gasteiger partial charge < -0.3 is 9.64 Å². The van der Waals surface area contributed by atoms with Crippen molar-refractivity contribution in [1.82, 2.24) is 9.80 Å². The van der Waals surface area contributed by atoms with Gasteiger partial charge in [-0.2, -0.15) is 0 Å². The minimum Gasteiger partial charge on any atom is -0.484 e. The zero-order valence-electron chi connectivity index (χ0n) is 17.1. The molecule has 3 aromatic rings. The Morgan fingerprint density at radius 1 is 0.871 bits per heavy atom. The van der Waals surface area contributed by atoms with Crippen LogP contribution in [0.1, 0.15) is 17.2 Å². The van der Waals surface area contributed by atoms with Crippen LogP contribution < -0.4 is 4.74 Å². The van der Waals surface area contributed by atoms with E-state index < -0.39 is 0 Å². The van der Waals surface area contributed by atoms with Gasteiger partial charge >= 0.3 is 0 Å². The van der Waals surface area contributed by atoms with E-state index in [1.54, 1.807) is 24.3 Å². The molecule has 31 heavy (non-hydrogen) atoms. The van der Waals surface area contributed by atoms with Crippen molar-refractivity contribution in [2.45, 2.75) is 6.04 Å². The van der Waals surface area contributed by atoms with Crippen LogP contribution >= 0.6 is 27.5 Å². The van der Waals surface area contributed by atoms with Gasteiger partial charge in [0, 0.05) is 35.7 Å². The van der Waals surface area contributed by atoms with Crippen LogP contribution in [0, 0.1) is 0 Å². The topological polar surface area (TPSA) is 32.8 Å². The van der Waals surface area contributed by atoms with Crippen molar-refractivity contribution in [3.8, 4) is 5.75 Å². The first-order valence-electron chi connectivity index (χ1n) is 10.3. The minimum absolute atomic E-state index is 0.00880. The maximum absolute atomic E-state index is 12.6. The van der Waals surface area contributed by atoms with Crippen molar-refractivity contribution in [3.63, 3.8) is 0 Å². The fourth-order valence-corrected chi connectivity index (χ4v) is 4.28. The second kappa shape index (κ2) is 10.3. The third kappa shape index (κ3) is 5.67. The molecule has 0 aliphatic carbocycles. The number of amides is 1. The standard InChI is InChI=1S/C25H24BrClN2O2/c26-21-8-6-20(7-9-21)25(19-4-2-1-3-5-19)29-16-14-28(15-17-29)24(30)18-31-23-12-10-22(27)11-13-23/h1-13,25H,14-18H2/t25-/m1/s1. The molecule has 0 saturated carbocycles. The summed E-state index contributed by atoms with van der Waals surface area (Å²) >= 11 is 9.42. The van der Waals surface area contributed by atoms with Crippen LogP contribution in [0.2, 0.25) is 5.02 Å². The van der Waals surface area contributed by atoms with E-state index in [0.29, 0.717) is 23.9 Å². The Morgan fingerprint density at radius 2 is 1.48 bits per heavy atom. The summed E-state index contributed by atoms with van der Waals surface area (Å²) in [7, 11) is 0. The van der Waals surface area contributed by atoms with E-state index in [9.17, 15) is 4.79 Å². The molecule has 1 aliphatic rings. The summed E-state index contributed by atoms with van der Waals surface area (Å²) in [5, 5.41) is 0.647. The van der Waals surface area contributed by atoms with Gasteiger partial charge in [0.25, 0.3) is 5.91 Å². The average Bonchev–Trinajstić information content (AvgIpc) is 2.81. The molecule has 4 nitrogen and oxygen atoms in total. The summed E-state index contributed by atoms with van der Waals surface area (Å²) in [6.45, 7) is 3.02. The smallest absolute Gasteiger partial charge is 0.260 e. The van der Waals surface area contributed by atoms with Gasteiger partial charge in [-0.3, -0.25) is 9.69 Å². The number of hydrogen-bond donors (Lipinski definition) is 0. The van der Waals surface area contributed by atoms with Gasteiger partial charge in [-0.15, -0.1) is 0 Å². The fourth-order valence-electron chi connectivity index (χ4n) is 3.89. The van der Waals surface area contributed by atoms with Crippen LogP contribution in [-0.2, 0) is 4.79 Å². The van der Waals surface area contributed by atoms with E-state index in [2.05, 4.69) is 69.4 Å². The number of carbonyl (C=O) groups excluding carboxylic acids is 1. The molecule has 3 aromatic carbocycles. The van der Waals surface area contributed by atoms with Gasteiger partial charge in [-0.1, -0.05) is 70.0 Å². The zero-order chi connectivity index (χ0) is 21.6. The fraction of sp³-hybridized carbons (Fsp3) is 0.240. The van der Waals surface area contributed by atoms with Crippen molar-refractivity contribution < 1.29 is 9.53 Å². The summed E-state index contributed by atoms with van der Waals surface area (Å²) in [6.07, 6.45) is 0. The van der Waals surface area contributed by atoms with Gasteiger partial charge in [0.15, 0.2) is 6.61 Å². The third-order valence-electron chi connectivity index (χ3n) is 5.51. The molecule has 1 amide bonds. The third-order valence-corrected chi connectivity index (χ3v) is 6.29. The molecule has 160 valence electrons. The largest absolute Gasteiger partial charge is 0.484 e. The first kappa shape index (κ1) is 21.9. The van der Waals surface area contributed by atoms with Crippen LogP contribution in [0.3, 0.4) is 0 Å². The highest BCUT2D eigenvalue weighted by atomic mass is 79.9. The Kier molecular flexibility index (Phi) is 7.28.